The third-order valence-corrected chi connectivity index (χ3v) is 6.44. The van der Waals surface area contributed by atoms with Crippen molar-refractivity contribution in [1.29, 1.82) is 0 Å². The van der Waals surface area contributed by atoms with Crippen molar-refractivity contribution >= 4 is 32.3 Å². The van der Waals surface area contributed by atoms with Gasteiger partial charge >= 0.3 is 7.13 Å². The van der Waals surface area contributed by atoms with E-state index < -0.39 is 7.02 Å². The number of hydrogen-bond donors (Lipinski definition) is 1. The smallest absolute Gasteiger partial charge is 0.304 e. The van der Waals surface area contributed by atoms with Crippen LogP contribution >= 0.6 is 7.02 Å². The highest BCUT2D eigenvalue weighted by atomic mass is 31.2. The number of benzene rings is 2. The van der Waals surface area contributed by atoms with E-state index in [2.05, 4.69) is 74.8 Å². The molecule has 0 heterocycles. The monoisotopic (exact) mass is 257 g/mol. The van der Waals surface area contributed by atoms with E-state index >= 15 is 0 Å². The fourth-order valence-electron chi connectivity index (χ4n) is 2.16. The van der Waals surface area contributed by atoms with Crippen LogP contribution in [0, 0.1) is 0 Å². The van der Waals surface area contributed by atoms with Gasteiger partial charge in [-0.15, -0.1) is 0 Å². The minimum atomic E-state index is -0.892. The summed E-state index contributed by atoms with van der Waals surface area (Å²) in [4.78, 5) is 1.70. The number of quaternary nitrogens is 1. The van der Waals surface area contributed by atoms with Crippen LogP contribution in [0.4, 0.5) is 0 Å². The van der Waals surface area contributed by atoms with Gasteiger partial charge in [-0.25, -0.2) is 7.02 Å². The van der Waals surface area contributed by atoms with Crippen LogP contribution in [0.1, 0.15) is 0 Å². The molecule has 0 unspecified atom stereocenters. The lowest BCUT2D eigenvalue weighted by atomic mass is 10.3. The van der Waals surface area contributed by atoms with Crippen molar-refractivity contribution < 1.29 is 4.81 Å². The Morgan fingerprint density at radius 1 is 0.833 bits per heavy atom. The number of rotatable bonds is 4. The zero-order chi connectivity index (χ0) is 13.0. The van der Waals surface area contributed by atoms with Gasteiger partial charge in [0.1, 0.15) is 0 Å². The molecule has 0 fully saturated rings. The molecule has 0 aliphatic carbocycles. The van der Waals surface area contributed by atoms with Crippen LogP contribution in [0.3, 0.4) is 0 Å². The largest absolute Gasteiger partial charge is 0.503 e. The minimum absolute atomic E-state index is 0.0460. The highest BCUT2D eigenvalue weighted by Crippen LogP contribution is 2.47. The molecule has 1 nitrogen and oxygen atoms in total. The Balaban J connectivity index is 2.48. The predicted octanol–water partition coefficient (Wildman–Crippen LogP) is -0.921. The van der Waals surface area contributed by atoms with E-state index in [1.54, 1.807) is 15.4 Å². The lowest BCUT2D eigenvalue weighted by Gasteiger charge is -2.37. The van der Waals surface area contributed by atoms with E-state index in [0.29, 0.717) is 7.57 Å². The SMILES string of the molecule is [BH3-][P+]([BH2-][NH+](C)C)(c1ccccc1)c1ccccc1. The molecule has 1 N–H and O–H groups in total. The molecule has 0 atom stereocenters. The van der Waals surface area contributed by atoms with Crippen molar-refractivity contribution in [1.82, 2.24) is 0 Å². The van der Waals surface area contributed by atoms with E-state index in [4.69, 9.17) is 0 Å². The quantitative estimate of drug-likeness (QED) is 0.533. The van der Waals surface area contributed by atoms with Crippen molar-refractivity contribution in [3.05, 3.63) is 60.7 Å². The Morgan fingerprint density at radius 2 is 1.22 bits per heavy atom. The predicted molar refractivity (Wildman–Crippen MR) is 90.4 cm³/mol. The molecule has 0 amide bonds. The summed E-state index contributed by atoms with van der Waals surface area (Å²) >= 11 is 0. The first-order valence-corrected chi connectivity index (χ1v) is 8.00. The average molecular weight is 257 g/mol. The molecule has 2 aromatic rings. The zero-order valence-corrected chi connectivity index (χ0v) is 11.6. The highest BCUT2D eigenvalue weighted by molar-refractivity contribution is 8.25. The summed E-state index contributed by atoms with van der Waals surface area (Å²) in [5.41, 5.74) is 0. The molecule has 0 aromatic heterocycles. The van der Waals surface area contributed by atoms with Crippen LogP contribution in [-0.4, -0.2) is 28.8 Å². The summed E-state index contributed by atoms with van der Waals surface area (Å²) in [6, 6.07) is 22.6. The van der Waals surface area contributed by atoms with Crippen LogP contribution in [0.15, 0.2) is 60.7 Å². The van der Waals surface area contributed by atoms with Crippen molar-refractivity contribution in [2.75, 3.05) is 14.1 Å². The maximum absolute atomic E-state index is 2.38. The Morgan fingerprint density at radius 3 is 1.56 bits per heavy atom. The van der Waals surface area contributed by atoms with Crippen LogP contribution in [-0.2, 0) is 0 Å². The fourth-order valence-corrected chi connectivity index (χ4v) is 5.11. The van der Waals surface area contributed by atoms with Crippen LogP contribution < -0.4 is 15.4 Å². The Labute approximate surface area is 112 Å². The lowest BCUT2D eigenvalue weighted by Crippen LogP contribution is -3.08. The lowest BCUT2D eigenvalue weighted by molar-refractivity contribution is -0.731. The third-order valence-electron chi connectivity index (χ3n) is 2.96. The number of hydrogen-bond acceptors (Lipinski definition) is 0. The van der Waals surface area contributed by atoms with Crippen molar-refractivity contribution in [2.24, 2.45) is 0 Å². The summed E-state index contributed by atoms with van der Waals surface area (Å²) in [5.74, 6) is 0. The first kappa shape index (κ1) is 13.4. The molecular formula is C14H22B2NP. The standard InChI is InChI=1S/C14H22B2NP/c1-17(2)16-18(15,13-9-5-3-6-10-13)14-11-7-4-8-12-14/h3-12,17H,16H2,1-2,15H3. The molecule has 2 rings (SSSR count). The fraction of sp³-hybridized carbons (Fsp3) is 0.143. The van der Waals surface area contributed by atoms with E-state index in [1.807, 2.05) is 0 Å². The maximum atomic E-state index is 2.38. The van der Waals surface area contributed by atoms with Gasteiger partial charge < -0.3 is 4.81 Å². The van der Waals surface area contributed by atoms with Crippen LogP contribution in [0.25, 0.3) is 0 Å². The summed E-state index contributed by atoms with van der Waals surface area (Å²) in [6.45, 7) is 0. The third kappa shape index (κ3) is 2.85. The minimum Gasteiger partial charge on any atom is -0.503 e. The van der Waals surface area contributed by atoms with Gasteiger partial charge in [0.15, 0.2) is 0 Å². The van der Waals surface area contributed by atoms with Gasteiger partial charge in [0, 0.05) is 24.7 Å². The first-order chi connectivity index (χ1) is 8.63. The van der Waals surface area contributed by atoms with E-state index in [1.165, 1.54) is 0 Å². The molecule has 0 spiro atoms. The van der Waals surface area contributed by atoms with E-state index in [9.17, 15) is 0 Å². The van der Waals surface area contributed by atoms with Gasteiger partial charge in [0.05, 0.1) is 7.57 Å². The molecule has 0 radical (unpaired) electrons. The molecule has 18 heavy (non-hydrogen) atoms. The van der Waals surface area contributed by atoms with E-state index in [0.717, 1.165) is 0 Å². The molecule has 4 heteroatoms. The Kier molecular flexibility index (Phi) is 4.27. The van der Waals surface area contributed by atoms with Crippen molar-refractivity contribution in [3.8, 4) is 0 Å². The second-order valence-electron chi connectivity index (χ2n) is 4.95. The molecule has 0 aliphatic rings. The summed E-state index contributed by atoms with van der Waals surface area (Å²) in [7, 11) is 4.14. The molecule has 0 bridgehead atoms. The van der Waals surface area contributed by atoms with Gasteiger partial charge in [0.25, 0.3) is 0 Å². The summed E-state index contributed by atoms with van der Waals surface area (Å²) < 4.78 is 0. The van der Waals surface area contributed by atoms with Gasteiger partial charge in [-0.05, 0) is 24.3 Å². The van der Waals surface area contributed by atoms with Gasteiger partial charge in [0.2, 0.25) is 0 Å². The zero-order valence-electron chi connectivity index (χ0n) is 10.7. The molecule has 0 aliphatic heterocycles. The second-order valence-corrected chi connectivity index (χ2v) is 7.55. The first-order valence-electron chi connectivity index (χ1n) is 6.22. The topological polar surface area (TPSA) is 4.44 Å². The van der Waals surface area contributed by atoms with Crippen LogP contribution in [0.2, 0.25) is 0 Å². The Hall–Kier alpha value is -1.04. The summed E-state index contributed by atoms with van der Waals surface area (Å²) in [6.07, 6.45) is 0. The number of nitrogens with one attached hydrogen (secondary N) is 1. The normalized spacial score (nSPS) is 11.8. The molecule has 94 valence electrons. The second kappa shape index (κ2) is 5.73. The van der Waals surface area contributed by atoms with Gasteiger partial charge in [-0.3, -0.25) is 0 Å². The molecule has 0 saturated heterocycles. The maximum Gasteiger partial charge on any atom is 0.304 e. The van der Waals surface area contributed by atoms with Gasteiger partial charge in [-0.2, -0.15) is 0 Å². The molecule has 0 saturated carbocycles. The van der Waals surface area contributed by atoms with Crippen molar-refractivity contribution in [3.63, 3.8) is 0 Å². The van der Waals surface area contributed by atoms with Crippen LogP contribution in [0.5, 0.6) is 0 Å². The average Bonchev–Trinajstić information content (AvgIpc) is 2.40. The summed E-state index contributed by atoms with van der Waals surface area (Å²) in [5, 5.41) is 3.33. The highest BCUT2D eigenvalue weighted by Gasteiger charge is 2.27. The van der Waals surface area contributed by atoms with E-state index in [-0.39, 0.29) is 7.13 Å². The molecule has 2 aromatic carbocycles. The van der Waals surface area contributed by atoms with Crippen molar-refractivity contribution in [2.45, 2.75) is 0 Å². The Bertz CT molecular complexity index is 448. The van der Waals surface area contributed by atoms with Gasteiger partial charge in [-0.1, -0.05) is 36.4 Å². The molecular weight excluding hydrogens is 235 g/mol.